The van der Waals surface area contributed by atoms with Gasteiger partial charge in [-0.25, -0.2) is 4.98 Å². The number of rotatable bonds is 5. The zero-order chi connectivity index (χ0) is 27.4. The number of imidazole rings is 1. The third kappa shape index (κ3) is 4.92. The first-order valence-electron chi connectivity index (χ1n) is 12.8. The summed E-state index contributed by atoms with van der Waals surface area (Å²) in [5.41, 5.74) is 4.22. The summed E-state index contributed by atoms with van der Waals surface area (Å²) in [6.07, 6.45) is 0.768. The van der Waals surface area contributed by atoms with E-state index in [-0.39, 0.29) is 11.8 Å². The fourth-order valence-electron chi connectivity index (χ4n) is 5.44. The van der Waals surface area contributed by atoms with Crippen LogP contribution in [-0.2, 0) is 5.60 Å². The highest BCUT2D eigenvalue weighted by atomic mass is 19.4. The lowest BCUT2D eigenvalue weighted by Gasteiger charge is -2.34. The second kappa shape index (κ2) is 9.30. The van der Waals surface area contributed by atoms with Gasteiger partial charge in [-0.3, -0.25) is 4.98 Å². The number of pyridine rings is 1. The van der Waals surface area contributed by atoms with Crippen molar-refractivity contribution in [2.45, 2.75) is 44.7 Å². The van der Waals surface area contributed by atoms with Gasteiger partial charge in [-0.1, -0.05) is 12.1 Å². The molecule has 1 atom stereocenters. The van der Waals surface area contributed by atoms with Crippen molar-refractivity contribution < 1.29 is 23.0 Å². The molecular formula is C29H28F3N5O2. The lowest BCUT2D eigenvalue weighted by Crippen LogP contribution is -2.37. The zero-order valence-corrected chi connectivity index (χ0v) is 21.5. The monoisotopic (exact) mass is 535 g/mol. The molecule has 5 aromatic rings. The van der Waals surface area contributed by atoms with E-state index in [1.54, 1.807) is 38.4 Å². The molecule has 0 amide bonds. The van der Waals surface area contributed by atoms with E-state index in [0.717, 1.165) is 46.9 Å². The molecule has 3 aromatic heterocycles. The van der Waals surface area contributed by atoms with Crippen molar-refractivity contribution >= 4 is 27.9 Å². The van der Waals surface area contributed by atoms with E-state index in [4.69, 9.17) is 4.98 Å². The standard InChI is InChI=1S/C29H28F3N5O2/c1-28(2,38)19-9-12-22-25(15-19)37(24-6-3-13-33-26(22)24)20-5-4-14-36(17-20)27-34-16-23(35-27)18-7-10-21(11-8-18)39-29(30,31)32/h3,6-13,15-16,20,38H,4-5,14,17H2,1-2H3,(H,34,35). The van der Waals surface area contributed by atoms with Gasteiger partial charge in [-0.15, -0.1) is 13.2 Å². The number of ether oxygens (including phenoxy) is 1. The first kappa shape index (κ1) is 25.2. The van der Waals surface area contributed by atoms with Crippen LogP contribution in [0.4, 0.5) is 19.1 Å². The van der Waals surface area contributed by atoms with Crippen molar-refractivity contribution in [1.82, 2.24) is 19.5 Å². The summed E-state index contributed by atoms with van der Waals surface area (Å²) in [4.78, 5) is 14.9. The minimum absolute atomic E-state index is 0.146. The second-order valence-corrected chi connectivity index (χ2v) is 10.5. The van der Waals surface area contributed by atoms with Crippen LogP contribution in [0.25, 0.3) is 33.2 Å². The zero-order valence-electron chi connectivity index (χ0n) is 21.5. The predicted octanol–water partition coefficient (Wildman–Crippen LogP) is 6.55. The van der Waals surface area contributed by atoms with Crippen LogP contribution in [0, 0.1) is 0 Å². The van der Waals surface area contributed by atoms with Gasteiger partial charge in [0.25, 0.3) is 0 Å². The molecule has 6 rings (SSSR count). The summed E-state index contributed by atoms with van der Waals surface area (Å²) < 4.78 is 43.8. The Kier molecular flexibility index (Phi) is 6.02. The normalized spacial score (nSPS) is 16.8. The van der Waals surface area contributed by atoms with Gasteiger partial charge in [0.1, 0.15) is 5.75 Å². The molecule has 0 saturated carbocycles. The number of benzene rings is 2. The molecule has 2 N–H and O–H groups in total. The summed E-state index contributed by atoms with van der Waals surface area (Å²) in [5.74, 6) is 0.440. The maximum Gasteiger partial charge on any atom is 0.573 e. The highest BCUT2D eigenvalue weighted by Gasteiger charge is 2.31. The molecule has 7 nitrogen and oxygen atoms in total. The van der Waals surface area contributed by atoms with E-state index in [2.05, 4.69) is 36.3 Å². The van der Waals surface area contributed by atoms with Crippen molar-refractivity contribution in [3.8, 4) is 17.0 Å². The molecule has 0 spiro atoms. The summed E-state index contributed by atoms with van der Waals surface area (Å²) in [6.45, 7) is 5.11. The summed E-state index contributed by atoms with van der Waals surface area (Å²) in [7, 11) is 0. The average Bonchev–Trinajstić information content (AvgIpc) is 3.51. The lowest BCUT2D eigenvalue weighted by molar-refractivity contribution is -0.274. The maximum absolute atomic E-state index is 12.5. The molecule has 10 heteroatoms. The number of nitrogens with one attached hydrogen (secondary N) is 1. The number of nitrogens with zero attached hydrogens (tertiary/aromatic N) is 4. The number of anilines is 1. The van der Waals surface area contributed by atoms with E-state index in [1.165, 1.54) is 12.1 Å². The molecule has 1 aliphatic heterocycles. The van der Waals surface area contributed by atoms with Crippen molar-refractivity contribution in [3.05, 3.63) is 72.6 Å². The number of H-pyrrole nitrogens is 1. The molecular weight excluding hydrogens is 507 g/mol. The van der Waals surface area contributed by atoms with Gasteiger partial charge in [-0.2, -0.15) is 0 Å². The SMILES string of the molecule is CC(C)(O)c1ccc2c3ncccc3n(C3CCCN(c4nc(-c5ccc(OC(F)(F)F)cc5)c[nH]4)C3)c2c1. The van der Waals surface area contributed by atoms with Crippen molar-refractivity contribution in [2.75, 3.05) is 18.0 Å². The number of piperidine rings is 1. The number of aromatic nitrogens is 4. The maximum atomic E-state index is 12.5. The number of aliphatic hydroxyl groups is 1. The average molecular weight is 536 g/mol. The van der Waals surface area contributed by atoms with Gasteiger partial charge in [0.05, 0.1) is 33.9 Å². The number of hydrogen-bond acceptors (Lipinski definition) is 5. The Morgan fingerprint density at radius 1 is 1.05 bits per heavy atom. The van der Waals surface area contributed by atoms with E-state index in [0.29, 0.717) is 23.8 Å². The quantitative estimate of drug-likeness (QED) is 0.267. The highest BCUT2D eigenvalue weighted by molar-refractivity contribution is 6.06. The molecule has 0 aliphatic carbocycles. The first-order valence-corrected chi connectivity index (χ1v) is 12.8. The molecule has 1 aliphatic rings. The molecule has 4 heterocycles. The van der Waals surface area contributed by atoms with Crippen LogP contribution >= 0.6 is 0 Å². The fourth-order valence-corrected chi connectivity index (χ4v) is 5.44. The first-order chi connectivity index (χ1) is 18.6. The Labute approximate surface area is 222 Å². The van der Waals surface area contributed by atoms with Crippen LogP contribution in [0.15, 0.2) is 67.0 Å². The van der Waals surface area contributed by atoms with Gasteiger partial charge in [0.2, 0.25) is 5.95 Å². The Morgan fingerprint density at radius 2 is 1.85 bits per heavy atom. The summed E-state index contributed by atoms with van der Waals surface area (Å²) in [5, 5.41) is 11.7. The number of halogens is 3. The van der Waals surface area contributed by atoms with Gasteiger partial charge in [0.15, 0.2) is 0 Å². The Balaban J connectivity index is 1.30. The lowest BCUT2D eigenvalue weighted by atomic mass is 9.97. The highest BCUT2D eigenvalue weighted by Crippen LogP contribution is 2.37. The van der Waals surface area contributed by atoms with E-state index in [1.807, 2.05) is 18.2 Å². The Bertz CT molecular complexity index is 1630. The van der Waals surface area contributed by atoms with Gasteiger partial charge in [0, 0.05) is 36.4 Å². The Morgan fingerprint density at radius 3 is 2.59 bits per heavy atom. The summed E-state index contributed by atoms with van der Waals surface area (Å²) in [6, 6.07) is 15.9. The number of alkyl halides is 3. The Hall–Kier alpha value is -4.05. The van der Waals surface area contributed by atoms with E-state index < -0.39 is 12.0 Å². The molecule has 2 aromatic carbocycles. The molecule has 1 fully saturated rings. The van der Waals surface area contributed by atoms with Crippen LogP contribution in [0.5, 0.6) is 5.75 Å². The van der Waals surface area contributed by atoms with Crippen molar-refractivity contribution in [1.29, 1.82) is 0 Å². The molecule has 202 valence electrons. The minimum atomic E-state index is -4.73. The summed E-state index contributed by atoms with van der Waals surface area (Å²) >= 11 is 0. The third-order valence-corrected chi connectivity index (χ3v) is 7.27. The van der Waals surface area contributed by atoms with E-state index >= 15 is 0 Å². The van der Waals surface area contributed by atoms with E-state index in [9.17, 15) is 18.3 Å². The van der Waals surface area contributed by atoms with Crippen molar-refractivity contribution in [2.24, 2.45) is 0 Å². The number of fused-ring (bicyclic) bond motifs is 3. The third-order valence-electron chi connectivity index (χ3n) is 7.27. The molecule has 1 unspecified atom stereocenters. The van der Waals surface area contributed by atoms with Gasteiger partial charge in [-0.05, 0) is 74.7 Å². The predicted molar refractivity (Wildman–Crippen MR) is 144 cm³/mol. The molecule has 39 heavy (non-hydrogen) atoms. The van der Waals surface area contributed by atoms with Crippen LogP contribution < -0.4 is 9.64 Å². The van der Waals surface area contributed by atoms with Crippen LogP contribution in [0.1, 0.15) is 38.3 Å². The van der Waals surface area contributed by atoms with Gasteiger partial charge >= 0.3 is 6.36 Å². The fraction of sp³-hybridized carbons (Fsp3) is 0.310. The second-order valence-electron chi connectivity index (χ2n) is 10.5. The largest absolute Gasteiger partial charge is 0.573 e. The van der Waals surface area contributed by atoms with Crippen LogP contribution in [0.2, 0.25) is 0 Å². The van der Waals surface area contributed by atoms with Gasteiger partial charge < -0.3 is 24.3 Å². The number of hydrogen-bond donors (Lipinski definition) is 2. The van der Waals surface area contributed by atoms with Crippen LogP contribution in [-0.4, -0.2) is 44.1 Å². The molecule has 0 bridgehead atoms. The topological polar surface area (TPSA) is 79.2 Å². The van der Waals surface area contributed by atoms with Crippen molar-refractivity contribution in [3.63, 3.8) is 0 Å². The smallest absolute Gasteiger partial charge is 0.406 e. The molecule has 1 saturated heterocycles. The number of aromatic amines is 1. The van der Waals surface area contributed by atoms with Crippen LogP contribution in [0.3, 0.4) is 0 Å². The minimum Gasteiger partial charge on any atom is -0.406 e. The molecule has 0 radical (unpaired) electrons.